The second-order valence-electron chi connectivity index (χ2n) is 8.70. The molecular weight excluding hydrogens is 398 g/mol. The number of nitrogens with zero attached hydrogens (tertiary/aromatic N) is 4. The van der Waals surface area contributed by atoms with Crippen molar-refractivity contribution in [1.82, 2.24) is 19.8 Å². The van der Waals surface area contributed by atoms with Crippen LogP contribution in [0.1, 0.15) is 54.1 Å². The molecule has 0 spiro atoms. The van der Waals surface area contributed by atoms with Gasteiger partial charge < -0.3 is 14.8 Å². The molecule has 2 heterocycles. The molecule has 1 N–H and O–H groups in total. The second-order valence-corrected chi connectivity index (χ2v) is 8.70. The van der Waals surface area contributed by atoms with Crippen LogP contribution in [0, 0.1) is 11.3 Å². The zero-order chi connectivity index (χ0) is 22.5. The van der Waals surface area contributed by atoms with E-state index in [1.54, 1.807) is 6.07 Å². The van der Waals surface area contributed by atoms with Crippen LogP contribution in [0.2, 0.25) is 0 Å². The smallest absolute Gasteiger partial charge is 0.240 e. The van der Waals surface area contributed by atoms with Gasteiger partial charge in [0, 0.05) is 32.4 Å². The predicted molar refractivity (Wildman–Crippen MR) is 124 cm³/mol. The minimum absolute atomic E-state index is 0.114. The van der Waals surface area contributed by atoms with E-state index in [4.69, 9.17) is 5.26 Å². The molecule has 32 heavy (non-hydrogen) atoms. The Morgan fingerprint density at radius 2 is 1.97 bits per heavy atom. The highest BCUT2D eigenvalue weighted by molar-refractivity contribution is 5.84. The SMILES string of the molecule is CC(C)c1ccc(Cn2cncc2CNC2CCN(Cc3cccc(C#N)c3)C2=O)cc1. The van der Waals surface area contributed by atoms with Crippen LogP contribution in [0.5, 0.6) is 0 Å². The summed E-state index contributed by atoms with van der Waals surface area (Å²) in [7, 11) is 0. The molecule has 0 radical (unpaired) electrons. The fraction of sp³-hybridized carbons (Fsp3) is 0.346. The highest BCUT2D eigenvalue weighted by Gasteiger charge is 2.31. The molecular formula is C26H29N5O. The third kappa shape index (κ3) is 5.06. The molecule has 4 rings (SSSR count). The summed E-state index contributed by atoms with van der Waals surface area (Å²) in [6, 6.07) is 18.1. The van der Waals surface area contributed by atoms with Gasteiger partial charge in [0.05, 0.1) is 29.7 Å². The molecule has 1 aromatic heterocycles. The Morgan fingerprint density at radius 3 is 2.72 bits per heavy atom. The quantitative estimate of drug-likeness (QED) is 0.593. The summed E-state index contributed by atoms with van der Waals surface area (Å²) in [6.07, 6.45) is 4.49. The number of rotatable bonds is 8. The number of nitrogens with one attached hydrogen (secondary N) is 1. The van der Waals surface area contributed by atoms with Gasteiger partial charge in [-0.2, -0.15) is 5.26 Å². The maximum atomic E-state index is 12.9. The molecule has 1 atom stereocenters. The van der Waals surface area contributed by atoms with E-state index in [2.05, 4.69) is 59.1 Å². The van der Waals surface area contributed by atoms with Gasteiger partial charge >= 0.3 is 0 Å². The van der Waals surface area contributed by atoms with Crippen molar-refractivity contribution in [2.45, 2.75) is 51.9 Å². The molecule has 164 valence electrons. The lowest BCUT2D eigenvalue weighted by Crippen LogP contribution is -2.38. The minimum atomic E-state index is -0.192. The number of nitriles is 1. The van der Waals surface area contributed by atoms with Gasteiger partial charge in [-0.05, 0) is 41.2 Å². The normalized spacial score (nSPS) is 16.0. The zero-order valence-corrected chi connectivity index (χ0v) is 18.7. The molecule has 1 unspecified atom stereocenters. The van der Waals surface area contributed by atoms with Crippen molar-refractivity contribution in [3.05, 3.63) is 89.0 Å². The van der Waals surface area contributed by atoms with Crippen molar-refractivity contribution in [3.8, 4) is 6.07 Å². The third-order valence-corrected chi connectivity index (χ3v) is 6.05. The molecule has 1 aliphatic rings. The monoisotopic (exact) mass is 427 g/mol. The van der Waals surface area contributed by atoms with Crippen LogP contribution in [0.15, 0.2) is 61.1 Å². The Morgan fingerprint density at radius 1 is 1.16 bits per heavy atom. The minimum Gasteiger partial charge on any atom is -0.337 e. The molecule has 6 heteroatoms. The number of likely N-dealkylation sites (tertiary alicyclic amines) is 1. The first-order chi connectivity index (χ1) is 15.5. The van der Waals surface area contributed by atoms with Crippen LogP contribution in [-0.2, 0) is 24.4 Å². The van der Waals surface area contributed by atoms with Gasteiger partial charge in [0.2, 0.25) is 5.91 Å². The third-order valence-electron chi connectivity index (χ3n) is 6.05. The van der Waals surface area contributed by atoms with E-state index < -0.39 is 0 Å². The van der Waals surface area contributed by atoms with E-state index in [9.17, 15) is 4.79 Å². The average molecular weight is 428 g/mol. The number of hydrogen-bond donors (Lipinski definition) is 1. The van der Waals surface area contributed by atoms with Crippen LogP contribution in [0.25, 0.3) is 0 Å². The van der Waals surface area contributed by atoms with Gasteiger partial charge in [0.1, 0.15) is 0 Å². The van der Waals surface area contributed by atoms with Crippen LogP contribution < -0.4 is 5.32 Å². The van der Waals surface area contributed by atoms with Crippen molar-refractivity contribution >= 4 is 5.91 Å². The van der Waals surface area contributed by atoms with Crippen molar-refractivity contribution in [2.24, 2.45) is 0 Å². The van der Waals surface area contributed by atoms with Crippen LogP contribution >= 0.6 is 0 Å². The number of imidazole rings is 1. The summed E-state index contributed by atoms with van der Waals surface area (Å²) < 4.78 is 2.13. The van der Waals surface area contributed by atoms with Crippen LogP contribution in [0.3, 0.4) is 0 Å². The Kier molecular flexibility index (Phi) is 6.67. The summed E-state index contributed by atoms with van der Waals surface area (Å²) in [6.45, 7) is 7.01. The van der Waals surface area contributed by atoms with E-state index in [1.165, 1.54) is 11.1 Å². The summed E-state index contributed by atoms with van der Waals surface area (Å²) in [5.74, 6) is 0.638. The molecule has 2 aromatic carbocycles. The van der Waals surface area contributed by atoms with Gasteiger partial charge in [0.15, 0.2) is 0 Å². The highest BCUT2D eigenvalue weighted by Crippen LogP contribution is 2.18. The number of aromatic nitrogens is 2. The maximum absolute atomic E-state index is 12.9. The van der Waals surface area contributed by atoms with E-state index in [1.807, 2.05) is 35.6 Å². The second kappa shape index (κ2) is 9.80. The van der Waals surface area contributed by atoms with Gasteiger partial charge in [-0.1, -0.05) is 50.2 Å². The summed E-state index contributed by atoms with van der Waals surface area (Å²) in [5, 5.41) is 12.5. The molecule has 0 saturated carbocycles. The standard InChI is InChI=1S/C26H29N5O/c1-19(2)23-8-6-20(7-9-23)16-31-18-28-14-24(31)15-29-25-10-11-30(26(25)32)17-22-5-3-4-21(12-22)13-27/h3-9,12,14,18-19,25,29H,10-11,15-17H2,1-2H3. The summed E-state index contributed by atoms with van der Waals surface area (Å²) in [4.78, 5) is 19.0. The first-order valence-electron chi connectivity index (χ1n) is 11.1. The summed E-state index contributed by atoms with van der Waals surface area (Å²) >= 11 is 0. The molecule has 1 saturated heterocycles. The predicted octanol–water partition coefficient (Wildman–Crippen LogP) is 3.82. The first-order valence-corrected chi connectivity index (χ1v) is 11.1. The summed E-state index contributed by atoms with van der Waals surface area (Å²) in [5.41, 5.74) is 5.24. The van der Waals surface area contributed by atoms with Crippen molar-refractivity contribution < 1.29 is 4.79 Å². The van der Waals surface area contributed by atoms with Crippen LogP contribution in [-0.4, -0.2) is 32.9 Å². The Labute approximate surface area is 189 Å². The molecule has 1 fully saturated rings. The molecule has 6 nitrogen and oxygen atoms in total. The van der Waals surface area contributed by atoms with Gasteiger partial charge in [0.25, 0.3) is 0 Å². The van der Waals surface area contributed by atoms with E-state index in [0.717, 1.165) is 30.8 Å². The van der Waals surface area contributed by atoms with Gasteiger partial charge in [-0.15, -0.1) is 0 Å². The fourth-order valence-corrected chi connectivity index (χ4v) is 4.12. The van der Waals surface area contributed by atoms with Gasteiger partial charge in [-0.25, -0.2) is 4.98 Å². The molecule has 1 aliphatic heterocycles. The molecule has 0 aliphatic carbocycles. The number of carbonyl (C=O) groups is 1. The van der Waals surface area contributed by atoms with E-state index in [-0.39, 0.29) is 11.9 Å². The van der Waals surface area contributed by atoms with Gasteiger partial charge in [-0.3, -0.25) is 4.79 Å². The molecule has 1 amide bonds. The van der Waals surface area contributed by atoms with E-state index >= 15 is 0 Å². The number of amides is 1. The highest BCUT2D eigenvalue weighted by atomic mass is 16.2. The lowest BCUT2D eigenvalue weighted by molar-refractivity contribution is -0.129. The average Bonchev–Trinajstić information content (AvgIpc) is 3.39. The largest absolute Gasteiger partial charge is 0.337 e. The number of carbonyl (C=O) groups excluding carboxylic acids is 1. The topological polar surface area (TPSA) is 74.0 Å². The maximum Gasteiger partial charge on any atom is 0.240 e. The lowest BCUT2D eigenvalue weighted by atomic mass is 10.0. The Bertz CT molecular complexity index is 1110. The lowest BCUT2D eigenvalue weighted by Gasteiger charge is -2.18. The molecule has 0 bridgehead atoms. The number of benzene rings is 2. The van der Waals surface area contributed by atoms with E-state index in [0.29, 0.717) is 24.6 Å². The Balaban J connectivity index is 1.33. The first kappa shape index (κ1) is 21.8. The Hall–Kier alpha value is -3.43. The van der Waals surface area contributed by atoms with Crippen molar-refractivity contribution in [2.75, 3.05) is 6.54 Å². The number of hydrogen-bond acceptors (Lipinski definition) is 4. The zero-order valence-electron chi connectivity index (χ0n) is 18.7. The van der Waals surface area contributed by atoms with Crippen molar-refractivity contribution in [3.63, 3.8) is 0 Å². The van der Waals surface area contributed by atoms with Crippen LogP contribution in [0.4, 0.5) is 0 Å². The molecule has 3 aromatic rings. The van der Waals surface area contributed by atoms with Crippen molar-refractivity contribution in [1.29, 1.82) is 5.26 Å². The fourth-order valence-electron chi connectivity index (χ4n) is 4.12.